The number of rotatable bonds is 7. The lowest BCUT2D eigenvalue weighted by Crippen LogP contribution is -2.05. The summed E-state index contributed by atoms with van der Waals surface area (Å²) in [6.07, 6.45) is 2.07. The minimum absolute atomic E-state index is 0. The molecule has 0 aliphatic heterocycles. The van der Waals surface area contributed by atoms with Crippen molar-refractivity contribution in [2.45, 2.75) is 13.3 Å². The van der Waals surface area contributed by atoms with E-state index in [0.717, 1.165) is 11.4 Å². The van der Waals surface area contributed by atoms with Crippen LogP contribution in [0.15, 0.2) is 54.9 Å². The molecule has 0 aliphatic rings. The second-order valence-corrected chi connectivity index (χ2v) is 7.30. The van der Waals surface area contributed by atoms with E-state index in [4.69, 9.17) is 21.1 Å². The minimum atomic E-state index is -0.476. The third-order valence-electron chi connectivity index (χ3n) is 4.67. The summed E-state index contributed by atoms with van der Waals surface area (Å²) >= 11 is 5.83. The van der Waals surface area contributed by atoms with E-state index in [9.17, 15) is 4.39 Å². The highest BCUT2D eigenvalue weighted by atomic mass is 35.5. The number of hydrogen-bond donors (Lipinski definition) is 1. The Hall–Kier alpha value is -3.16. The normalized spacial score (nSPS) is 10.5. The van der Waals surface area contributed by atoms with E-state index in [0.29, 0.717) is 46.3 Å². The van der Waals surface area contributed by atoms with Crippen molar-refractivity contribution in [3.63, 3.8) is 0 Å². The van der Waals surface area contributed by atoms with Crippen LogP contribution in [-0.4, -0.2) is 28.7 Å². The first-order chi connectivity index (χ1) is 15.0. The van der Waals surface area contributed by atoms with Crippen LogP contribution < -0.4 is 14.8 Å². The highest BCUT2D eigenvalue weighted by Gasteiger charge is 2.13. The molecule has 4 rings (SSSR count). The van der Waals surface area contributed by atoms with E-state index < -0.39 is 5.82 Å². The molecule has 0 atom stereocenters. The van der Waals surface area contributed by atoms with Crippen LogP contribution in [0.4, 0.5) is 15.9 Å². The number of aromatic nitrogens is 3. The Kier molecular flexibility index (Phi) is 7.66. The van der Waals surface area contributed by atoms with Crippen molar-refractivity contribution in [1.82, 2.24) is 15.0 Å². The number of fused-ring (bicyclic) bond motifs is 1. The lowest BCUT2D eigenvalue weighted by Gasteiger charge is -2.14. The second kappa shape index (κ2) is 10.4. The molecule has 0 radical (unpaired) electrons. The highest BCUT2D eigenvalue weighted by molar-refractivity contribution is 6.30. The van der Waals surface area contributed by atoms with Crippen molar-refractivity contribution in [1.29, 1.82) is 0 Å². The van der Waals surface area contributed by atoms with Gasteiger partial charge in [-0.2, -0.15) is 0 Å². The van der Waals surface area contributed by atoms with Gasteiger partial charge in [0.2, 0.25) is 0 Å². The molecule has 32 heavy (non-hydrogen) atoms. The Morgan fingerprint density at radius 1 is 1.06 bits per heavy atom. The lowest BCUT2D eigenvalue weighted by atomic mass is 10.2. The van der Waals surface area contributed by atoms with Crippen LogP contribution in [0.25, 0.3) is 10.9 Å². The highest BCUT2D eigenvalue weighted by Crippen LogP contribution is 2.35. The fraction of sp³-hybridized carbons (Fsp3) is 0.174. The molecular formula is C23H21Cl2FN4O2. The molecule has 166 valence electrons. The van der Waals surface area contributed by atoms with Gasteiger partial charge in [-0.15, -0.1) is 12.4 Å². The van der Waals surface area contributed by atoms with Crippen LogP contribution in [0.2, 0.25) is 5.02 Å². The van der Waals surface area contributed by atoms with Gasteiger partial charge in [0.15, 0.2) is 11.5 Å². The average molecular weight is 475 g/mol. The number of anilines is 2. The smallest absolute Gasteiger partial charge is 0.163 e. The maximum absolute atomic E-state index is 14.2. The number of hydrogen-bond acceptors (Lipinski definition) is 6. The van der Waals surface area contributed by atoms with Gasteiger partial charge < -0.3 is 14.8 Å². The fourth-order valence-corrected chi connectivity index (χ4v) is 3.32. The molecule has 2 aromatic carbocycles. The second-order valence-electron chi connectivity index (χ2n) is 6.86. The molecular weight excluding hydrogens is 454 g/mol. The number of nitrogens with zero attached hydrogens (tertiary/aromatic N) is 3. The molecule has 0 unspecified atom stereocenters. The van der Waals surface area contributed by atoms with E-state index in [-0.39, 0.29) is 18.1 Å². The maximum atomic E-state index is 14.2. The number of aryl methyl sites for hydroxylation is 1. The predicted octanol–water partition coefficient (Wildman–Crippen LogP) is 5.92. The van der Waals surface area contributed by atoms with Crippen LogP contribution in [0.5, 0.6) is 11.5 Å². The van der Waals surface area contributed by atoms with Crippen molar-refractivity contribution in [2.75, 3.05) is 19.0 Å². The van der Waals surface area contributed by atoms with Gasteiger partial charge in [-0.05, 0) is 43.3 Å². The molecule has 2 heterocycles. The topological polar surface area (TPSA) is 69.2 Å². The molecule has 0 saturated carbocycles. The molecule has 6 nitrogen and oxygen atoms in total. The van der Waals surface area contributed by atoms with Crippen molar-refractivity contribution in [3.05, 3.63) is 77.1 Å². The zero-order chi connectivity index (χ0) is 21.8. The SMILES string of the molecule is COc1cc2c(Nc3ccc(Cl)cc3F)ncnc2cc1OCCc1cccc(C)n1.Cl. The summed E-state index contributed by atoms with van der Waals surface area (Å²) in [5.74, 6) is 1.06. The Morgan fingerprint density at radius 3 is 2.66 bits per heavy atom. The third-order valence-corrected chi connectivity index (χ3v) is 4.90. The summed E-state index contributed by atoms with van der Waals surface area (Å²) in [7, 11) is 1.56. The number of pyridine rings is 1. The van der Waals surface area contributed by atoms with Crippen LogP contribution in [-0.2, 0) is 6.42 Å². The summed E-state index contributed by atoms with van der Waals surface area (Å²) in [4.78, 5) is 13.1. The summed E-state index contributed by atoms with van der Waals surface area (Å²) in [5.41, 5.74) is 2.82. The van der Waals surface area contributed by atoms with Gasteiger partial charge in [0.1, 0.15) is 18.0 Å². The van der Waals surface area contributed by atoms with E-state index in [1.165, 1.54) is 12.4 Å². The molecule has 1 N–H and O–H groups in total. The first kappa shape index (κ1) is 23.5. The first-order valence-electron chi connectivity index (χ1n) is 9.63. The fourth-order valence-electron chi connectivity index (χ4n) is 3.16. The molecule has 4 aromatic rings. The zero-order valence-corrected chi connectivity index (χ0v) is 19.0. The van der Waals surface area contributed by atoms with E-state index >= 15 is 0 Å². The molecule has 0 fully saturated rings. The number of ether oxygens (including phenoxy) is 2. The molecule has 0 spiro atoms. The third kappa shape index (κ3) is 5.36. The molecule has 2 aromatic heterocycles. The van der Waals surface area contributed by atoms with Crippen LogP contribution >= 0.6 is 24.0 Å². The number of nitrogens with one attached hydrogen (secondary N) is 1. The van der Waals surface area contributed by atoms with Crippen LogP contribution in [0.1, 0.15) is 11.4 Å². The quantitative estimate of drug-likeness (QED) is 0.358. The number of benzene rings is 2. The first-order valence-corrected chi connectivity index (χ1v) is 10.0. The standard InChI is InChI=1S/C23H20ClFN4O2.ClH/c1-14-4-3-5-16(28-14)8-9-31-22-12-20-17(11-21(22)30-2)23(27-13-26-20)29-19-7-6-15(24)10-18(19)25;/h3-7,10-13H,8-9H2,1-2H3,(H,26,27,29);1H. The van der Waals surface area contributed by atoms with Crippen LogP contribution in [0, 0.1) is 12.7 Å². The zero-order valence-electron chi connectivity index (χ0n) is 17.4. The molecule has 0 saturated heterocycles. The van der Waals surface area contributed by atoms with Gasteiger partial charge in [-0.3, -0.25) is 4.98 Å². The minimum Gasteiger partial charge on any atom is -0.493 e. The van der Waals surface area contributed by atoms with Gasteiger partial charge in [0, 0.05) is 34.3 Å². The van der Waals surface area contributed by atoms with Crippen LogP contribution in [0.3, 0.4) is 0 Å². The molecule has 9 heteroatoms. The van der Waals surface area contributed by atoms with Gasteiger partial charge in [-0.1, -0.05) is 17.7 Å². The number of halogens is 3. The van der Waals surface area contributed by atoms with Crippen molar-refractivity contribution >= 4 is 46.4 Å². The summed E-state index contributed by atoms with van der Waals surface area (Å²) in [6.45, 7) is 2.39. The van der Waals surface area contributed by atoms with Gasteiger partial charge in [0.25, 0.3) is 0 Å². The van der Waals surface area contributed by atoms with Gasteiger partial charge >= 0.3 is 0 Å². The van der Waals surface area contributed by atoms with E-state index in [2.05, 4.69) is 20.3 Å². The Balaban J connectivity index is 0.00000289. The average Bonchev–Trinajstić information content (AvgIpc) is 2.75. The van der Waals surface area contributed by atoms with Gasteiger partial charge in [0.05, 0.1) is 24.9 Å². The predicted molar refractivity (Wildman–Crippen MR) is 126 cm³/mol. The van der Waals surface area contributed by atoms with Crippen molar-refractivity contribution in [2.24, 2.45) is 0 Å². The Bertz CT molecular complexity index is 1240. The Labute approximate surface area is 196 Å². The summed E-state index contributed by atoms with van der Waals surface area (Å²) in [5, 5.41) is 3.98. The van der Waals surface area contributed by atoms with Crippen molar-refractivity contribution < 1.29 is 13.9 Å². The molecule has 0 amide bonds. The monoisotopic (exact) mass is 474 g/mol. The van der Waals surface area contributed by atoms with Gasteiger partial charge in [-0.25, -0.2) is 14.4 Å². The Morgan fingerprint density at radius 2 is 1.91 bits per heavy atom. The largest absolute Gasteiger partial charge is 0.493 e. The van der Waals surface area contributed by atoms with Crippen molar-refractivity contribution in [3.8, 4) is 11.5 Å². The lowest BCUT2D eigenvalue weighted by molar-refractivity contribution is 0.297. The summed E-state index contributed by atoms with van der Waals surface area (Å²) < 4.78 is 25.7. The van der Waals surface area contributed by atoms with E-state index in [1.807, 2.05) is 25.1 Å². The summed E-state index contributed by atoms with van der Waals surface area (Å²) in [6, 6.07) is 13.8. The molecule has 0 aliphatic carbocycles. The number of methoxy groups -OCH3 is 1. The van der Waals surface area contributed by atoms with E-state index in [1.54, 1.807) is 31.4 Å². The molecule has 0 bridgehead atoms. The maximum Gasteiger partial charge on any atom is 0.163 e.